The molecule has 0 bridgehead atoms. The number of rotatable bonds is 2. The molecule has 1 fully saturated rings. The smallest absolute Gasteiger partial charge is 0.187 e. The number of nitriles is 1. The Bertz CT molecular complexity index is 789. The summed E-state index contributed by atoms with van der Waals surface area (Å²) < 4.78 is 0. The number of aromatic nitrogens is 2. The predicted molar refractivity (Wildman–Crippen MR) is 87.7 cm³/mol. The molecule has 0 atom stereocenters. The van der Waals surface area contributed by atoms with E-state index in [2.05, 4.69) is 21.5 Å². The molecule has 4 rings (SSSR count). The second kappa shape index (κ2) is 5.69. The first-order valence-electron chi connectivity index (χ1n) is 8.01. The molecule has 2 aromatic rings. The minimum Gasteiger partial charge on any atom is -0.265 e. The molecule has 6 nitrogen and oxygen atoms in total. The van der Waals surface area contributed by atoms with Gasteiger partial charge in [0.1, 0.15) is 0 Å². The molecule has 0 unspecified atom stereocenters. The number of hydroxylamine groups is 1. The van der Waals surface area contributed by atoms with Crippen LogP contribution in [0.3, 0.4) is 0 Å². The Morgan fingerprint density at radius 1 is 1.04 bits per heavy atom. The molecular weight excluding hydrogens is 302 g/mol. The quantitative estimate of drug-likeness (QED) is 0.919. The molecule has 0 saturated heterocycles. The molecule has 1 aliphatic carbocycles. The van der Waals surface area contributed by atoms with Crippen LogP contribution in [0.1, 0.15) is 36.8 Å². The van der Waals surface area contributed by atoms with Crippen LogP contribution in [0, 0.1) is 11.3 Å². The lowest BCUT2D eigenvalue weighted by Crippen LogP contribution is -2.41. The van der Waals surface area contributed by atoms with Crippen molar-refractivity contribution in [2.24, 2.45) is 4.99 Å². The number of hydrogen-bond acceptors (Lipinski definition) is 6. The lowest BCUT2D eigenvalue weighted by molar-refractivity contribution is -0.0836. The Morgan fingerprint density at radius 3 is 2.50 bits per heavy atom. The predicted octanol–water partition coefficient (Wildman–Crippen LogP) is 2.49. The summed E-state index contributed by atoms with van der Waals surface area (Å²) >= 11 is 0. The zero-order valence-electron chi connectivity index (χ0n) is 13.1. The molecule has 1 saturated carbocycles. The van der Waals surface area contributed by atoms with Crippen molar-refractivity contribution in [2.75, 3.05) is 0 Å². The van der Waals surface area contributed by atoms with Crippen LogP contribution in [0.25, 0.3) is 0 Å². The molecule has 0 radical (unpaired) electrons. The summed E-state index contributed by atoms with van der Waals surface area (Å²) in [5.41, 5.74) is 3.79. The minimum absolute atomic E-state index is 0.502. The average molecular weight is 319 g/mol. The molecular formula is C18H17N5O. The first-order chi connectivity index (χ1) is 11.8. The highest BCUT2D eigenvalue weighted by Crippen LogP contribution is 2.45. The molecule has 6 heteroatoms. The number of amidine groups is 1. The van der Waals surface area contributed by atoms with Gasteiger partial charge in [-0.1, -0.05) is 6.07 Å². The monoisotopic (exact) mass is 319 g/mol. The van der Waals surface area contributed by atoms with E-state index in [1.807, 2.05) is 24.3 Å². The first kappa shape index (κ1) is 14.8. The van der Waals surface area contributed by atoms with Crippen LogP contribution >= 0.6 is 0 Å². The van der Waals surface area contributed by atoms with Gasteiger partial charge in [-0.05, 0) is 36.6 Å². The van der Waals surface area contributed by atoms with E-state index in [0.29, 0.717) is 25.7 Å². The summed E-state index contributed by atoms with van der Waals surface area (Å²) in [4.78, 5) is 18.8. The van der Waals surface area contributed by atoms with Gasteiger partial charge in [0.15, 0.2) is 11.6 Å². The van der Waals surface area contributed by atoms with Crippen molar-refractivity contribution in [3.8, 4) is 6.07 Å². The van der Waals surface area contributed by atoms with E-state index >= 15 is 0 Å². The Hall–Kier alpha value is -2.78. The van der Waals surface area contributed by atoms with Gasteiger partial charge in [-0.3, -0.25) is 9.97 Å². The second-order valence-corrected chi connectivity index (χ2v) is 6.28. The molecule has 1 N–H and O–H groups in total. The number of hydrogen-bond donors (Lipinski definition) is 1. The van der Waals surface area contributed by atoms with Crippen molar-refractivity contribution in [2.45, 2.75) is 36.8 Å². The second-order valence-electron chi connectivity index (χ2n) is 6.28. The van der Waals surface area contributed by atoms with Crippen LogP contribution in [0.2, 0.25) is 0 Å². The molecule has 120 valence electrons. The number of nitrogens with one attached hydrogen (secondary N) is 1. The van der Waals surface area contributed by atoms with Crippen LogP contribution < -0.4 is 5.48 Å². The highest BCUT2D eigenvalue weighted by atomic mass is 16.7. The third kappa shape index (κ3) is 2.43. The molecule has 1 aliphatic heterocycles. The highest BCUT2D eigenvalue weighted by molar-refractivity contribution is 5.98. The lowest BCUT2D eigenvalue weighted by Gasteiger charge is -2.38. The molecule has 0 aromatic carbocycles. The maximum Gasteiger partial charge on any atom is 0.187 e. The molecule has 2 aliphatic rings. The van der Waals surface area contributed by atoms with Gasteiger partial charge in [0.05, 0.1) is 11.5 Å². The average Bonchev–Trinajstić information content (AvgIpc) is 3.08. The fraction of sp³-hybridized carbons (Fsp3) is 0.333. The fourth-order valence-corrected chi connectivity index (χ4v) is 3.42. The molecule has 0 amide bonds. The van der Waals surface area contributed by atoms with Gasteiger partial charge >= 0.3 is 0 Å². The van der Waals surface area contributed by atoms with Crippen molar-refractivity contribution in [3.63, 3.8) is 0 Å². The van der Waals surface area contributed by atoms with E-state index in [4.69, 9.17) is 9.83 Å². The van der Waals surface area contributed by atoms with Gasteiger partial charge in [-0.2, -0.15) is 5.26 Å². The Labute approximate surface area is 140 Å². The topological polar surface area (TPSA) is 83.2 Å². The van der Waals surface area contributed by atoms with Gasteiger partial charge in [-0.15, -0.1) is 0 Å². The number of aliphatic imine (C=N–C) groups is 1. The Kier molecular flexibility index (Phi) is 3.51. The van der Waals surface area contributed by atoms with Gasteiger partial charge in [0, 0.05) is 43.2 Å². The van der Waals surface area contributed by atoms with E-state index < -0.39 is 11.1 Å². The normalized spacial score (nSPS) is 28.9. The highest BCUT2D eigenvalue weighted by Gasteiger charge is 2.47. The zero-order valence-corrected chi connectivity index (χ0v) is 13.1. The molecule has 2 aromatic heterocycles. The molecule has 3 heterocycles. The van der Waals surface area contributed by atoms with Crippen LogP contribution in [-0.4, -0.2) is 21.5 Å². The maximum atomic E-state index is 9.78. The van der Waals surface area contributed by atoms with Crippen molar-refractivity contribution < 1.29 is 4.84 Å². The van der Waals surface area contributed by atoms with Crippen LogP contribution in [0.4, 0.5) is 0 Å². The number of nitrogens with zero attached hydrogens (tertiary/aromatic N) is 4. The van der Waals surface area contributed by atoms with Crippen molar-refractivity contribution in [3.05, 3.63) is 60.2 Å². The molecule has 1 spiro atoms. The van der Waals surface area contributed by atoms with E-state index in [0.717, 1.165) is 17.0 Å². The van der Waals surface area contributed by atoms with E-state index in [1.54, 1.807) is 24.8 Å². The Balaban J connectivity index is 1.56. The van der Waals surface area contributed by atoms with Crippen LogP contribution in [0.5, 0.6) is 0 Å². The standard InChI is InChI=1S/C18H17N5O/c19-13-17(15-2-1-9-21-12-15)5-7-18(8-6-17)22-16(23-24-18)14-3-10-20-11-4-14/h1-4,9-12H,5-8H2,(H,22,23). The first-order valence-corrected chi connectivity index (χ1v) is 8.01. The van der Waals surface area contributed by atoms with Crippen molar-refractivity contribution in [1.82, 2.24) is 15.4 Å². The lowest BCUT2D eigenvalue weighted by atomic mass is 9.68. The largest absolute Gasteiger partial charge is 0.265 e. The summed E-state index contributed by atoms with van der Waals surface area (Å²) in [5, 5.41) is 9.78. The van der Waals surface area contributed by atoms with Crippen LogP contribution in [0.15, 0.2) is 54.0 Å². The third-order valence-electron chi connectivity index (χ3n) is 4.92. The van der Waals surface area contributed by atoms with E-state index in [1.165, 1.54) is 0 Å². The summed E-state index contributed by atoms with van der Waals surface area (Å²) in [6, 6.07) is 10.2. The SMILES string of the molecule is N#CC1(c2cccnc2)CCC2(CC1)N=C(c1ccncc1)NO2. The van der Waals surface area contributed by atoms with Crippen molar-refractivity contribution in [1.29, 1.82) is 5.26 Å². The molecule has 24 heavy (non-hydrogen) atoms. The van der Waals surface area contributed by atoms with Gasteiger partial charge in [-0.25, -0.2) is 15.3 Å². The van der Waals surface area contributed by atoms with E-state index in [9.17, 15) is 5.26 Å². The van der Waals surface area contributed by atoms with Gasteiger partial charge in [0.2, 0.25) is 0 Å². The third-order valence-corrected chi connectivity index (χ3v) is 4.92. The van der Waals surface area contributed by atoms with E-state index in [-0.39, 0.29) is 0 Å². The summed E-state index contributed by atoms with van der Waals surface area (Å²) in [5.74, 6) is 0.725. The van der Waals surface area contributed by atoms with Gasteiger partial charge < -0.3 is 0 Å². The summed E-state index contributed by atoms with van der Waals surface area (Å²) in [7, 11) is 0. The number of pyridine rings is 2. The maximum absolute atomic E-state index is 9.78. The summed E-state index contributed by atoms with van der Waals surface area (Å²) in [6.45, 7) is 0. The van der Waals surface area contributed by atoms with Crippen LogP contribution in [-0.2, 0) is 10.3 Å². The minimum atomic E-state index is -0.582. The fourth-order valence-electron chi connectivity index (χ4n) is 3.42. The Morgan fingerprint density at radius 2 is 1.83 bits per heavy atom. The van der Waals surface area contributed by atoms with Crippen molar-refractivity contribution >= 4 is 5.84 Å². The summed E-state index contributed by atoms with van der Waals surface area (Å²) in [6.07, 6.45) is 9.76. The van der Waals surface area contributed by atoms with Gasteiger partial charge in [0.25, 0.3) is 0 Å². The zero-order chi connectivity index (χ0) is 16.5.